The summed E-state index contributed by atoms with van der Waals surface area (Å²) in [6, 6.07) is 7.75. The second-order valence-corrected chi connectivity index (χ2v) is 3.87. The lowest BCUT2D eigenvalue weighted by atomic mass is 10.2. The number of para-hydroxylation sites is 1. The summed E-state index contributed by atoms with van der Waals surface area (Å²) in [5.41, 5.74) is 2.01. The normalized spacial score (nSPS) is 16.7. The molecule has 1 N–H and O–H groups in total. The van der Waals surface area contributed by atoms with Gasteiger partial charge in [0.2, 0.25) is 5.91 Å². The summed E-state index contributed by atoms with van der Waals surface area (Å²) in [4.78, 5) is 13.4. The molecule has 0 saturated carbocycles. The molecular weight excluding hydrogens is 190 g/mol. The van der Waals surface area contributed by atoms with Gasteiger partial charge in [0, 0.05) is 5.69 Å². The number of nitrogens with zero attached hydrogens (tertiary/aromatic N) is 1. The highest BCUT2D eigenvalue weighted by molar-refractivity contribution is 6.01. The molecule has 80 valence electrons. The maximum absolute atomic E-state index is 11.7. The number of rotatable bonds is 3. The van der Waals surface area contributed by atoms with Gasteiger partial charge >= 0.3 is 0 Å². The molecule has 1 aromatic carbocycles. The van der Waals surface area contributed by atoms with Gasteiger partial charge in [-0.25, -0.2) is 0 Å². The fourth-order valence-electron chi connectivity index (χ4n) is 1.86. The number of carbonyl (C=O) groups is 1. The van der Waals surface area contributed by atoms with Crippen molar-refractivity contribution in [1.29, 1.82) is 0 Å². The summed E-state index contributed by atoms with van der Waals surface area (Å²) in [5, 5.41) is 9.57. The van der Waals surface area contributed by atoms with Gasteiger partial charge in [-0.15, -0.1) is 0 Å². The Labute approximate surface area is 89.3 Å². The molecule has 1 heterocycles. The standard InChI is InChI=1S/C12H15NO2/c1-2-10(14)8-13-11-6-4-3-5-9(11)7-12(13)15/h3-6,10,14H,2,7-8H2,1H3. The van der Waals surface area contributed by atoms with Crippen molar-refractivity contribution in [2.24, 2.45) is 0 Å². The third-order valence-electron chi connectivity index (χ3n) is 2.79. The van der Waals surface area contributed by atoms with E-state index in [0.717, 1.165) is 11.3 Å². The molecule has 1 aliphatic heterocycles. The van der Waals surface area contributed by atoms with Crippen LogP contribution in [0.15, 0.2) is 24.3 Å². The van der Waals surface area contributed by atoms with Crippen LogP contribution in [0.1, 0.15) is 18.9 Å². The van der Waals surface area contributed by atoms with Gasteiger partial charge in [0.25, 0.3) is 0 Å². The molecule has 1 atom stereocenters. The number of aliphatic hydroxyl groups is 1. The molecule has 3 heteroatoms. The molecule has 0 bridgehead atoms. The maximum atomic E-state index is 11.7. The Balaban J connectivity index is 2.22. The van der Waals surface area contributed by atoms with Gasteiger partial charge < -0.3 is 10.0 Å². The number of amides is 1. The minimum atomic E-state index is -0.430. The average Bonchev–Trinajstić information content (AvgIpc) is 2.55. The largest absolute Gasteiger partial charge is 0.391 e. The first-order valence-corrected chi connectivity index (χ1v) is 5.28. The molecule has 2 rings (SSSR count). The predicted molar refractivity (Wildman–Crippen MR) is 58.8 cm³/mol. The molecule has 3 nitrogen and oxygen atoms in total. The number of hydrogen-bond donors (Lipinski definition) is 1. The van der Waals surface area contributed by atoms with E-state index >= 15 is 0 Å². The number of benzene rings is 1. The van der Waals surface area contributed by atoms with E-state index < -0.39 is 6.10 Å². The highest BCUT2D eigenvalue weighted by Crippen LogP contribution is 2.28. The maximum Gasteiger partial charge on any atom is 0.231 e. The molecular formula is C12H15NO2. The van der Waals surface area contributed by atoms with Gasteiger partial charge in [-0.3, -0.25) is 4.79 Å². The lowest BCUT2D eigenvalue weighted by molar-refractivity contribution is -0.117. The fourth-order valence-corrected chi connectivity index (χ4v) is 1.86. The Morgan fingerprint density at radius 2 is 2.20 bits per heavy atom. The van der Waals surface area contributed by atoms with Gasteiger partial charge in [-0.2, -0.15) is 0 Å². The summed E-state index contributed by atoms with van der Waals surface area (Å²) in [7, 11) is 0. The first-order valence-electron chi connectivity index (χ1n) is 5.28. The summed E-state index contributed by atoms with van der Waals surface area (Å²) < 4.78 is 0. The van der Waals surface area contributed by atoms with E-state index in [2.05, 4.69) is 0 Å². The van der Waals surface area contributed by atoms with Crippen molar-refractivity contribution in [3.05, 3.63) is 29.8 Å². The van der Waals surface area contributed by atoms with Crippen LogP contribution in [-0.4, -0.2) is 23.7 Å². The lowest BCUT2D eigenvalue weighted by Crippen LogP contribution is -2.34. The minimum Gasteiger partial charge on any atom is -0.391 e. The molecule has 1 amide bonds. The molecule has 0 aliphatic carbocycles. The Morgan fingerprint density at radius 1 is 1.47 bits per heavy atom. The number of aliphatic hydroxyl groups excluding tert-OH is 1. The van der Waals surface area contributed by atoms with Crippen molar-refractivity contribution in [2.75, 3.05) is 11.4 Å². The number of anilines is 1. The Morgan fingerprint density at radius 3 is 2.93 bits per heavy atom. The minimum absolute atomic E-state index is 0.0868. The van der Waals surface area contributed by atoms with Gasteiger partial charge in [-0.05, 0) is 18.1 Å². The van der Waals surface area contributed by atoms with Crippen LogP contribution < -0.4 is 4.90 Å². The monoisotopic (exact) mass is 205 g/mol. The molecule has 0 fully saturated rings. The summed E-state index contributed by atoms with van der Waals surface area (Å²) in [6.07, 6.45) is 0.707. The third kappa shape index (κ3) is 1.88. The second kappa shape index (κ2) is 4.03. The molecule has 0 aromatic heterocycles. The van der Waals surface area contributed by atoms with Crippen LogP contribution in [0.4, 0.5) is 5.69 Å². The van der Waals surface area contributed by atoms with E-state index in [0.29, 0.717) is 19.4 Å². The summed E-state index contributed by atoms with van der Waals surface area (Å²) in [6.45, 7) is 2.32. The van der Waals surface area contributed by atoms with Gasteiger partial charge in [-0.1, -0.05) is 25.1 Å². The molecule has 1 aromatic rings. The molecule has 1 aliphatic rings. The lowest BCUT2D eigenvalue weighted by Gasteiger charge is -2.20. The SMILES string of the molecule is CCC(O)CN1C(=O)Cc2ccccc21. The molecule has 0 radical (unpaired) electrons. The molecule has 0 saturated heterocycles. The molecule has 0 spiro atoms. The first kappa shape index (κ1) is 10.2. The predicted octanol–water partition coefficient (Wildman–Crippen LogP) is 1.35. The van der Waals surface area contributed by atoms with Crippen molar-refractivity contribution in [3.8, 4) is 0 Å². The first-order chi connectivity index (χ1) is 7.22. The van der Waals surface area contributed by atoms with Gasteiger partial charge in [0.15, 0.2) is 0 Å². The van der Waals surface area contributed by atoms with E-state index in [1.54, 1.807) is 4.90 Å². The van der Waals surface area contributed by atoms with Crippen molar-refractivity contribution >= 4 is 11.6 Å². The molecule has 1 unspecified atom stereocenters. The zero-order chi connectivity index (χ0) is 10.8. The van der Waals surface area contributed by atoms with E-state index in [9.17, 15) is 9.90 Å². The van der Waals surface area contributed by atoms with Gasteiger partial charge in [0.05, 0.1) is 19.1 Å². The van der Waals surface area contributed by atoms with Crippen LogP contribution in [0.25, 0.3) is 0 Å². The average molecular weight is 205 g/mol. The quantitative estimate of drug-likeness (QED) is 0.809. The Hall–Kier alpha value is -1.35. The van der Waals surface area contributed by atoms with Gasteiger partial charge in [0.1, 0.15) is 0 Å². The third-order valence-corrected chi connectivity index (χ3v) is 2.79. The Kier molecular flexibility index (Phi) is 2.73. The fraction of sp³-hybridized carbons (Fsp3) is 0.417. The topological polar surface area (TPSA) is 40.5 Å². The molecule has 15 heavy (non-hydrogen) atoms. The zero-order valence-electron chi connectivity index (χ0n) is 8.81. The number of fused-ring (bicyclic) bond motifs is 1. The number of carbonyl (C=O) groups excluding carboxylic acids is 1. The number of β-amino-alcohol motifs (C(OH)–C–C–N with tert-alkyl or cyclic N) is 1. The summed E-state index contributed by atoms with van der Waals surface area (Å²) in [5.74, 6) is 0.0868. The van der Waals surface area contributed by atoms with E-state index in [-0.39, 0.29) is 5.91 Å². The van der Waals surface area contributed by atoms with Crippen molar-refractivity contribution in [3.63, 3.8) is 0 Å². The zero-order valence-corrected chi connectivity index (χ0v) is 8.81. The van der Waals surface area contributed by atoms with Crippen LogP contribution in [-0.2, 0) is 11.2 Å². The smallest absolute Gasteiger partial charge is 0.231 e. The van der Waals surface area contributed by atoms with Crippen LogP contribution in [0.3, 0.4) is 0 Å². The second-order valence-electron chi connectivity index (χ2n) is 3.87. The van der Waals surface area contributed by atoms with Crippen LogP contribution in [0, 0.1) is 0 Å². The Bertz CT molecular complexity index is 376. The van der Waals surface area contributed by atoms with Crippen molar-refractivity contribution in [1.82, 2.24) is 0 Å². The number of hydrogen-bond acceptors (Lipinski definition) is 2. The van der Waals surface area contributed by atoms with Crippen molar-refractivity contribution < 1.29 is 9.90 Å². The van der Waals surface area contributed by atoms with E-state index in [1.165, 1.54) is 0 Å². The summed E-state index contributed by atoms with van der Waals surface area (Å²) >= 11 is 0. The van der Waals surface area contributed by atoms with Crippen LogP contribution >= 0.6 is 0 Å². The van der Waals surface area contributed by atoms with E-state index in [4.69, 9.17) is 0 Å². The van der Waals surface area contributed by atoms with E-state index in [1.807, 2.05) is 31.2 Å². The highest BCUT2D eigenvalue weighted by atomic mass is 16.3. The van der Waals surface area contributed by atoms with Crippen LogP contribution in [0.2, 0.25) is 0 Å². The van der Waals surface area contributed by atoms with Crippen molar-refractivity contribution in [2.45, 2.75) is 25.9 Å². The van der Waals surface area contributed by atoms with Crippen LogP contribution in [0.5, 0.6) is 0 Å². The highest BCUT2D eigenvalue weighted by Gasteiger charge is 2.27.